The van der Waals surface area contributed by atoms with Crippen LogP contribution in [-0.4, -0.2) is 40.4 Å². The van der Waals surface area contributed by atoms with Gasteiger partial charge in [0, 0.05) is 19.1 Å². The van der Waals surface area contributed by atoms with Crippen LogP contribution in [0.15, 0.2) is 0 Å². The average molecular weight is 228 g/mol. The third-order valence-electron chi connectivity index (χ3n) is 3.58. The van der Waals surface area contributed by atoms with Crippen molar-refractivity contribution >= 4 is 17.7 Å². The van der Waals surface area contributed by atoms with Crippen LogP contribution in [0.1, 0.15) is 32.6 Å². The first kappa shape index (κ1) is 11.3. The van der Waals surface area contributed by atoms with Gasteiger partial charge in [-0.25, -0.2) is 0 Å². The number of amides is 1. The summed E-state index contributed by atoms with van der Waals surface area (Å²) in [6.45, 7) is 3.63. The zero-order chi connectivity index (χ0) is 10.9. The lowest BCUT2D eigenvalue weighted by Gasteiger charge is -2.31. The standard InChI is InChI=1S/C11H20N2OS/c1-11(5-3-7-15-11)10(14)13-6-2-4-9(13)8-12/h9H,2-8,12H2,1H3. The summed E-state index contributed by atoms with van der Waals surface area (Å²) >= 11 is 1.82. The molecule has 0 saturated carbocycles. The number of likely N-dealkylation sites (tertiary alicyclic amines) is 1. The number of nitrogens with two attached hydrogens (primary N) is 1. The Morgan fingerprint density at radius 1 is 1.60 bits per heavy atom. The van der Waals surface area contributed by atoms with E-state index < -0.39 is 0 Å². The van der Waals surface area contributed by atoms with Gasteiger partial charge in [-0.3, -0.25) is 4.79 Å². The second-order valence-electron chi connectivity index (χ2n) is 4.71. The Bertz CT molecular complexity index is 251. The van der Waals surface area contributed by atoms with E-state index in [0.717, 1.165) is 31.6 Å². The first-order chi connectivity index (χ1) is 7.17. The molecule has 2 aliphatic rings. The van der Waals surface area contributed by atoms with E-state index in [9.17, 15) is 4.79 Å². The molecule has 4 heteroatoms. The van der Waals surface area contributed by atoms with E-state index in [-0.39, 0.29) is 4.75 Å². The molecule has 2 rings (SSSR count). The molecule has 86 valence electrons. The lowest BCUT2D eigenvalue weighted by Crippen LogP contribution is -2.48. The summed E-state index contributed by atoms with van der Waals surface area (Å²) in [6.07, 6.45) is 4.41. The predicted octanol–water partition coefficient (Wildman–Crippen LogP) is 1.22. The number of hydrogen-bond acceptors (Lipinski definition) is 3. The van der Waals surface area contributed by atoms with Crippen molar-refractivity contribution in [2.24, 2.45) is 5.73 Å². The topological polar surface area (TPSA) is 46.3 Å². The van der Waals surface area contributed by atoms with Crippen molar-refractivity contribution in [1.82, 2.24) is 4.90 Å². The molecule has 2 fully saturated rings. The predicted molar refractivity (Wildman–Crippen MR) is 63.9 cm³/mol. The van der Waals surface area contributed by atoms with Gasteiger partial charge in [-0.1, -0.05) is 0 Å². The summed E-state index contributed by atoms with van der Waals surface area (Å²) in [5, 5.41) is 0. The Labute approximate surface area is 95.8 Å². The molecule has 0 aromatic rings. The van der Waals surface area contributed by atoms with Gasteiger partial charge in [-0.05, 0) is 38.4 Å². The molecule has 0 aliphatic carbocycles. The summed E-state index contributed by atoms with van der Waals surface area (Å²) in [5.41, 5.74) is 5.70. The molecular formula is C11H20N2OS. The maximum absolute atomic E-state index is 12.4. The molecule has 0 bridgehead atoms. The zero-order valence-electron chi connectivity index (χ0n) is 9.37. The van der Waals surface area contributed by atoms with Crippen molar-refractivity contribution < 1.29 is 4.79 Å². The highest BCUT2D eigenvalue weighted by molar-refractivity contribution is 8.01. The first-order valence-corrected chi connectivity index (χ1v) is 6.81. The van der Waals surface area contributed by atoms with Gasteiger partial charge in [0.1, 0.15) is 0 Å². The largest absolute Gasteiger partial charge is 0.337 e. The van der Waals surface area contributed by atoms with Gasteiger partial charge in [0.05, 0.1) is 4.75 Å². The number of hydrogen-bond donors (Lipinski definition) is 1. The number of carbonyl (C=O) groups is 1. The van der Waals surface area contributed by atoms with Gasteiger partial charge in [0.15, 0.2) is 0 Å². The third kappa shape index (κ3) is 2.02. The molecular weight excluding hydrogens is 208 g/mol. The van der Waals surface area contributed by atoms with Gasteiger partial charge in [-0.15, -0.1) is 11.8 Å². The van der Waals surface area contributed by atoms with Crippen molar-refractivity contribution in [3.05, 3.63) is 0 Å². The summed E-state index contributed by atoms with van der Waals surface area (Å²) < 4.78 is -0.155. The second kappa shape index (κ2) is 4.34. The Hall–Kier alpha value is -0.220. The van der Waals surface area contributed by atoms with Gasteiger partial charge in [-0.2, -0.15) is 0 Å². The Morgan fingerprint density at radius 3 is 3.00 bits per heavy atom. The molecule has 2 atom stereocenters. The molecule has 15 heavy (non-hydrogen) atoms. The van der Waals surface area contributed by atoms with Crippen LogP contribution < -0.4 is 5.73 Å². The summed E-state index contributed by atoms with van der Waals surface area (Å²) in [4.78, 5) is 14.4. The molecule has 0 aromatic heterocycles. The van der Waals surface area contributed by atoms with Gasteiger partial charge in [0.25, 0.3) is 0 Å². The minimum absolute atomic E-state index is 0.155. The highest BCUT2D eigenvalue weighted by atomic mass is 32.2. The van der Waals surface area contributed by atoms with Crippen LogP contribution in [-0.2, 0) is 4.79 Å². The molecule has 2 unspecified atom stereocenters. The number of rotatable bonds is 2. The van der Waals surface area contributed by atoms with E-state index in [0.29, 0.717) is 18.5 Å². The van der Waals surface area contributed by atoms with Crippen LogP contribution in [0.5, 0.6) is 0 Å². The molecule has 0 aromatic carbocycles. The van der Waals surface area contributed by atoms with Crippen LogP contribution in [0.25, 0.3) is 0 Å². The molecule has 2 aliphatic heterocycles. The molecule has 0 spiro atoms. The number of carbonyl (C=O) groups excluding carboxylic acids is 1. The van der Waals surface area contributed by atoms with Crippen molar-refractivity contribution in [2.75, 3.05) is 18.8 Å². The SMILES string of the molecule is CC1(C(=O)N2CCCC2CN)CCCS1. The quantitative estimate of drug-likeness (QED) is 0.773. The summed E-state index contributed by atoms with van der Waals surface area (Å²) in [7, 11) is 0. The molecule has 2 saturated heterocycles. The van der Waals surface area contributed by atoms with E-state index in [2.05, 4.69) is 6.92 Å². The van der Waals surface area contributed by atoms with Crippen molar-refractivity contribution in [3.63, 3.8) is 0 Å². The van der Waals surface area contributed by atoms with Crippen LogP contribution in [0.4, 0.5) is 0 Å². The smallest absolute Gasteiger partial charge is 0.238 e. The molecule has 2 N–H and O–H groups in total. The Kier molecular flexibility index (Phi) is 3.26. The number of thioether (sulfide) groups is 1. The van der Waals surface area contributed by atoms with E-state index in [1.54, 1.807) is 0 Å². The van der Waals surface area contributed by atoms with E-state index in [4.69, 9.17) is 5.73 Å². The second-order valence-corrected chi connectivity index (χ2v) is 6.31. The Balaban J connectivity index is 2.06. The maximum atomic E-state index is 12.4. The van der Waals surface area contributed by atoms with Crippen molar-refractivity contribution in [3.8, 4) is 0 Å². The van der Waals surface area contributed by atoms with E-state index in [1.165, 1.54) is 6.42 Å². The van der Waals surface area contributed by atoms with Crippen molar-refractivity contribution in [2.45, 2.75) is 43.4 Å². The first-order valence-electron chi connectivity index (χ1n) is 5.82. The maximum Gasteiger partial charge on any atom is 0.238 e. The lowest BCUT2D eigenvalue weighted by molar-refractivity contribution is -0.134. The molecule has 1 amide bonds. The third-order valence-corrected chi connectivity index (χ3v) is 5.09. The Morgan fingerprint density at radius 2 is 2.40 bits per heavy atom. The average Bonchev–Trinajstić information content (AvgIpc) is 2.85. The highest BCUT2D eigenvalue weighted by Gasteiger charge is 2.42. The van der Waals surface area contributed by atoms with Crippen LogP contribution in [0.3, 0.4) is 0 Å². The van der Waals surface area contributed by atoms with Crippen LogP contribution in [0.2, 0.25) is 0 Å². The molecule has 0 radical (unpaired) electrons. The van der Waals surface area contributed by atoms with E-state index >= 15 is 0 Å². The minimum atomic E-state index is -0.155. The summed E-state index contributed by atoms with van der Waals surface area (Å²) in [5.74, 6) is 1.46. The molecule has 3 nitrogen and oxygen atoms in total. The number of nitrogens with zero attached hydrogens (tertiary/aromatic N) is 1. The van der Waals surface area contributed by atoms with Crippen LogP contribution >= 0.6 is 11.8 Å². The highest BCUT2D eigenvalue weighted by Crippen LogP contribution is 2.40. The fourth-order valence-electron chi connectivity index (χ4n) is 2.60. The fourth-order valence-corrected chi connectivity index (χ4v) is 3.87. The fraction of sp³-hybridized carbons (Fsp3) is 0.909. The van der Waals surface area contributed by atoms with Crippen molar-refractivity contribution in [1.29, 1.82) is 0 Å². The summed E-state index contributed by atoms with van der Waals surface area (Å²) in [6, 6.07) is 0.301. The minimum Gasteiger partial charge on any atom is -0.337 e. The zero-order valence-corrected chi connectivity index (χ0v) is 10.2. The van der Waals surface area contributed by atoms with E-state index in [1.807, 2.05) is 16.7 Å². The van der Waals surface area contributed by atoms with Gasteiger partial charge < -0.3 is 10.6 Å². The lowest BCUT2D eigenvalue weighted by atomic mass is 10.0. The van der Waals surface area contributed by atoms with Crippen LogP contribution in [0, 0.1) is 0 Å². The normalized spacial score (nSPS) is 36.1. The van der Waals surface area contributed by atoms with Gasteiger partial charge >= 0.3 is 0 Å². The van der Waals surface area contributed by atoms with Gasteiger partial charge in [0.2, 0.25) is 5.91 Å². The monoisotopic (exact) mass is 228 g/mol. The molecule has 2 heterocycles.